The van der Waals surface area contributed by atoms with Crippen molar-refractivity contribution >= 4 is 5.97 Å². The third kappa shape index (κ3) is 1.58. The van der Waals surface area contributed by atoms with Gasteiger partial charge in [0.1, 0.15) is 0 Å². The van der Waals surface area contributed by atoms with Gasteiger partial charge in [0, 0.05) is 0 Å². The van der Waals surface area contributed by atoms with Crippen LogP contribution in [0.25, 0.3) is 0 Å². The first kappa shape index (κ1) is 9.45. The number of aliphatic carboxylic acids is 1. The SMILES string of the molecule is O=C(O)C1(F)CCCCCC1O. The lowest BCUT2D eigenvalue weighted by molar-refractivity contribution is -0.160. The molecule has 70 valence electrons. The Labute approximate surface area is 70.2 Å². The smallest absolute Gasteiger partial charge is 0.344 e. The highest BCUT2D eigenvalue weighted by Crippen LogP contribution is 2.31. The molecule has 0 aliphatic heterocycles. The Morgan fingerprint density at radius 2 is 2.08 bits per heavy atom. The molecule has 1 saturated carbocycles. The summed E-state index contributed by atoms with van der Waals surface area (Å²) in [5.41, 5.74) is -2.41. The highest BCUT2D eigenvalue weighted by Gasteiger charge is 2.46. The molecular formula is C8H13FO3. The minimum absolute atomic E-state index is 0.0660. The normalized spacial score (nSPS) is 37.3. The number of hydrogen-bond acceptors (Lipinski definition) is 2. The molecule has 1 rings (SSSR count). The van der Waals surface area contributed by atoms with Gasteiger partial charge in [0.05, 0.1) is 6.10 Å². The summed E-state index contributed by atoms with van der Waals surface area (Å²) in [6, 6.07) is 0. The third-order valence-electron chi connectivity index (χ3n) is 2.40. The molecule has 0 aromatic carbocycles. The molecule has 2 N–H and O–H groups in total. The number of aliphatic hydroxyl groups excluding tert-OH is 1. The van der Waals surface area contributed by atoms with Crippen molar-refractivity contribution in [3.8, 4) is 0 Å². The summed E-state index contributed by atoms with van der Waals surface area (Å²) in [5.74, 6) is -1.53. The molecule has 2 unspecified atom stereocenters. The van der Waals surface area contributed by atoms with Gasteiger partial charge in [0.25, 0.3) is 0 Å². The predicted molar refractivity (Wildman–Crippen MR) is 40.6 cm³/mol. The van der Waals surface area contributed by atoms with Gasteiger partial charge in [-0.15, -0.1) is 0 Å². The van der Waals surface area contributed by atoms with Crippen LogP contribution in [-0.4, -0.2) is 28.0 Å². The number of carboxylic acid groups (broad SMARTS) is 1. The molecule has 1 fully saturated rings. The summed E-state index contributed by atoms with van der Waals surface area (Å²) in [6.07, 6.45) is 0.903. The van der Waals surface area contributed by atoms with Crippen LogP contribution in [-0.2, 0) is 4.79 Å². The van der Waals surface area contributed by atoms with Gasteiger partial charge in [-0.1, -0.05) is 12.8 Å². The van der Waals surface area contributed by atoms with Crippen molar-refractivity contribution in [1.29, 1.82) is 0 Å². The summed E-state index contributed by atoms with van der Waals surface area (Å²) >= 11 is 0. The maximum absolute atomic E-state index is 13.5. The second kappa shape index (κ2) is 3.39. The Bertz CT molecular complexity index is 183. The van der Waals surface area contributed by atoms with E-state index in [1.165, 1.54) is 0 Å². The molecule has 0 radical (unpaired) electrons. The molecule has 4 heteroatoms. The van der Waals surface area contributed by atoms with Gasteiger partial charge in [-0.2, -0.15) is 0 Å². The first-order valence-corrected chi connectivity index (χ1v) is 4.18. The average Bonchev–Trinajstić information content (AvgIpc) is 2.16. The molecule has 0 bridgehead atoms. The van der Waals surface area contributed by atoms with Gasteiger partial charge < -0.3 is 10.2 Å². The Balaban J connectivity index is 2.75. The summed E-state index contributed by atoms with van der Waals surface area (Å²) in [5, 5.41) is 17.8. The summed E-state index contributed by atoms with van der Waals surface area (Å²) in [6.45, 7) is 0. The summed E-state index contributed by atoms with van der Waals surface area (Å²) in [7, 11) is 0. The Morgan fingerprint density at radius 1 is 1.42 bits per heavy atom. The van der Waals surface area contributed by atoms with E-state index in [1.807, 2.05) is 0 Å². The van der Waals surface area contributed by atoms with Crippen molar-refractivity contribution in [3.63, 3.8) is 0 Å². The van der Waals surface area contributed by atoms with Crippen LogP contribution in [0.5, 0.6) is 0 Å². The molecule has 0 saturated heterocycles. The minimum Gasteiger partial charge on any atom is -0.479 e. The van der Waals surface area contributed by atoms with Gasteiger partial charge in [0.2, 0.25) is 5.67 Å². The highest BCUT2D eigenvalue weighted by molar-refractivity contribution is 5.78. The van der Waals surface area contributed by atoms with Crippen LogP contribution in [0.15, 0.2) is 0 Å². The van der Waals surface area contributed by atoms with E-state index in [0.717, 1.165) is 6.42 Å². The van der Waals surface area contributed by atoms with Crippen LogP contribution in [0, 0.1) is 0 Å². The fourth-order valence-electron chi connectivity index (χ4n) is 1.54. The van der Waals surface area contributed by atoms with Gasteiger partial charge in [-0.05, 0) is 19.3 Å². The summed E-state index contributed by atoms with van der Waals surface area (Å²) in [4.78, 5) is 10.5. The Kier molecular flexibility index (Phi) is 2.67. The predicted octanol–water partition coefficient (Wildman–Crippen LogP) is 1.10. The number of carboxylic acids is 1. The van der Waals surface area contributed by atoms with E-state index < -0.39 is 17.7 Å². The molecule has 12 heavy (non-hydrogen) atoms. The zero-order valence-electron chi connectivity index (χ0n) is 6.79. The maximum atomic E-state index is 13.5. The number of halogens is 1. The van der Waals surface area contributed by atoms with E-state index >= 15 is 0 Å². The van der Waals surface area contributed by atoms with Gasteiger partial charge >= 0.3 is 5.97 Å². The van der Waals surface area contributed by atoms with Crippen molar-refractivity contribution in [2.75, 3.05) is 0 Å². The third-order valence-corrected chi connectivity index (χ3v) is 2.40. The number of aliphatic hydroxyl groups is 1. The number of alkyl halides is 1. The molecule has 0 amide bonds. The minimum atomic E-state index is -2.41. The molecular weight excluding hydrogens is 163 g/mol. The molecule has 0 heterocycles. The van der Waals surface area contributed by atoms with E-state index in [4.69, 9.17) is 5.11 Å². The van der Waals surface area contributed by atoms with E-state index in [2.05, 4.69) is 0 Å². The van der Waals surface area contributed by atoms with Crippen molar-refractivity contribution in [2.24, 2.45) is 0 Å². The van der Waals surface area contributed by atoms with Crippen LogP contribution in [0.3, 0.4) is 0 Å². The van der Waals surface area contributed by atoms with E-state index in [-0.39, 0.29) is 12.8 Å². The van der Waals surface area contributed by atoms with Crippen LogP contribution in [0.1, 0.15) is 32.1 Å². The van der Waals surface area contributed by atoms with Crippen molar-refractivity contribution in [1.82, 2.24) is 0 Å². The van der Waals surface area contributed by atoms with Crippen LogP contribution >= 0.6 is 0 Å². The molecule has 3 nitrogen and oxygen atoms in total. The van der Waals surface area contributed by atoms with Gasteiger partial charge in [0.15, 0.2) is 0 Å². The Hall–Kier alpha value is -0.640. The standard InChI is InChI=1S/C8H13FO3/c9-8(7(11)12)5-3-1-2-4-6(8)10/h6,10H,1-5H2,(H,11,12). The monoisotopic (exact) mass is 176 g/mol. The van der Waals surface area contributed by atoms with Crippen molar-refractivity contribution in [2.45, 2.75) is 43.9 Å². The lowest BCUT2D eigenvalue weighted by Crippen LogP contribution is -2.44. The highest BCUT2D eigenvalue weighted by atomic mass is 19.1. The fourth-order valence-corrected chi connectivity index (χ4v) is 1.54. The zero-order chi connectivity index (χ0) is 9.19. The topological polar surface area (TPSA) is 57.5 Å². The first-order valence-electron chi connectivity index (χ1n) is 4.18. The lowest BCUT2D eigenvalue weighted by atomic mass is 9.94. The molecule has 0 aromatic heterocycles. The average molecular weight is 176 g/mol. The first-order chi connectivity index (χ1) is 5.57. The zero-order valence-corrected chi connectivity index (χ0v) is 6.79. The van der Waals surface area contributed by atoms with Crippen LogP contribution in [0.4, 0.5) is 4.39 Å². The maximum Gasteiger partial charge on any atom is 0.344 e. The number of hydrogen-bond donors (Lipinski definition) is 2. The van der Waals surface area contributed by atoms with E-state index in [9.17, 15) is 14.3 Å². The van der Waals surface area contributed by atoms with E-state index in [1.54, 1.807) is 0 Å². The Morgan fingerprint density at radius 3 is 2.67 bits per heavy atom. The molecule has 2 atom stereocenters. The molecule has 1 aliphatic carbocycles. The number of carbonyl (C=O) groups is 1. The number of rotatable bonds is 1. The van der Waals surface area contributed by atoms with Crippen molar-refractivity contribution < 1.29 is 19.4 Å². The van der Waals surface area contributed by atoms with Crippen LogP contribution < -0.4 is 0 Å². The van der Waals surface area contributed by atoms with Crippen molar-refractivity contribution in [3.05, 3.63) is 0 Å². The lowest BCUT2D eigenvalue weighted by Gasteiger charge is -2.23. The molecule has 0 aromatic rings. The largest absolute Gasteiger partial charge is 0.479 e. The van der Waals surface area contributed by atoms with Crippen LogP contribution in [0.2, 0.25) is 0 Å². The fraction of sp³-hybridized carbons (Fsp3) is 0.875. The molecule has 0 spiro atoms. The quantitative estimate of drug-likeness (QED) is 0.588. The second-order valence-corrected chi connectivity index (χ2v) is 3.28. The van der Waals surface area contributed by atoms with E-state index in [0.29, 0.717) is 12.8 Å². The summed E-state index contributed by atoms with van der Waals surface area (Å²) < 4.78 is 13.5. The second-order valence-electron chi connectivity index (χ2n) is 3.28. The van der Waals surface area contributed by atoms with Gasteiger partial charge in [-0.3, -0.25) is 0 Å². The molecule has 1 aliphatic rings. The van der Waals surface area contributed by atoms with Gasteiger partial charge in [-0.25, -0.2) is 9.18 Å².